The molecule has 1 aliphatic rings. The Morgan fingerprint density at radius 2 is 2.04 bits per heavy atom. The molecule has 0 aliphatic carbocycles. The topological polar surface area (TPSA) is 80.4 Å². The van der Waals surface area contributed by atoms with E-state index in [1.54, 1.807) is 11.3 Å². The van der Waals surface area contributed by atoms with Crippen LogP contribution in [0, 0.1) is 6.92 Å². The van der Waals surface area contributed by atoms with Crippen molar-refractivity contribution in [3.63, 3.8) is 0 Å². The molecule has 1 atom stereocenters. The molecule has 8 nitrogen and oxygen atoms in total. The Morgan fingerprint density at radius 1 is 1.26 bits per heavy atom. The number of anilines is 1. The van der Waals surface area contributed by atoms with Gasteiger partial charge in [-0.25, -0.2) is 0 Å². The molecule has 9 heteroatoms. The molecule has 2 aromatic heterocycles. The number of hydrogen-bond donors (Lipinski definition) is 0. The van der Waals surface area contributed by atoms with Crippen LogP contribution >= 0.6 is 11.3 Å². The first-order chi connectivity index (χ1) is 11.2. The van der Waals surface area contributed by atoms with E-state index in [1.807, 2.05) is 20.8 Å². The highest BCUT2D eigenvalue weighted by molar-refractivity contribution is 7.15. The van der Waals surface area contributed by atoms with E-state index in [9.17, 15) is 0 Å². The molecule has 23 heavy (non-hydrogen) atoms. The van der Waals surface area contributed by atoms with Crippen LogP contribution in [0.4, 0.5) is 5.13 Å². The van der Waals surface area contributed by atoms with Gasteiger partial charge in [-0.1, -0.05) is 16.5 Å². The second-order valence-corrected chi connectivity index (χ2v) is 6.67. The molecule has 3 heterocycles. The van der Waals surface area contributed by atoms with Crippen LogP contribution in [-0.2, 0) is 11.3 Å². The quantitative estimate of drug-likeness (QED) is 0.786. The lowest BCUT2D eigenvalue weighted by molar-refractivity contribution is 0.0683. The van der Waals surface area contributed by atoms with Crippen LogP contribution in [-0.4, -0.2) is 58.0 Å². The molecule has 3 rings (SSSR count). The van der Waals surface area contributed by atoms with Crippen molar-refractivity contribution in [2.75, 3.05) is 37.7 Å². The molecule has 0 saturated carbocycles. The first-order valence-corrected chi connectivity index (χ1v) is 8.69. The minimum Gasteiger partial charge on any atom is -0.371 e. The van der Waals surface area contributed by atoms with E-state index in [-0.39, 0.29) is 6.10 Å². The third kappa shape index (κ3) is 4.04. The van der Waals surface area contributed by atoms with Crippen molar-refractivity contribution in [1.29, 1.82) is 0 Å². The maximum atomic E-state index is 5.48. The van der Waals surface area contributed by atoms with Crippen LogP contribution in [0.15, 0.2) is 4.52 Å². The molecule has 0 N–H and O–H groups in total. The second-order valence-electron chi connectivity index (χ2n) is 5.51. The van der Waals surface area contributed by atoms with Gasteiger partial charge >= 0.3 is 0 Å². The zero-order valence-corrected chi connectivity index (χ0v) is 14.5. The van der Waals surface area contributed by atoms with E-state index in [1.165, 1.54) is 0 Å². The Balaban J connectivity index is 1.51. The molecular weight excluding hydrogens is 316 g/mol. The number of rotatable bonds is 6. The molecule has 0 spiro atoms. The fraction of sp³-hybridized carbons (Fsp3) is 0.714. The number of ether oxygens (including phenoxy) is 1. The van der Waals surface area contributed by atoms with Gasteiger partial charge in [0.05, 0.1) is 6.54 Å². The summed E-state index contributed by atoms with van der Waals surface area (Å²) in [6.07, 6.45) is -0.130. The third-order valence-electron chi connectivity index (χ3n) is 3.78. The third-order valence-corrected chi connectivity index (χ3v) is 4.68. The van der Waals surface area contributed by atoms with Gasteiger partial charge in [-0.05, 0) is 20.8 Å². The van der Waals surface area contributed by atoms with E-state index < -0.39 is 0 Å². The second kappa shape index (κ2) is 7.33. The summed E-state index contributed by atoms with van der Waals surface area (Å²) in [6, 6.07) is 0. The largest absolute Gasteiger partial charge is 0.371 e. The monoisotopic (exact) mass is 338 g/mol. The lowest BCUT2D eigenvalue weighted by atomic mass is 10.3. The number of aryl methyl sites for hydroxylation is 1. The fourth-order valence-corrected chi connectivity index (χ4v) is 3.26. The van der Waals surface area contributed by atoms with Crippen molar-refractivity contribution in [3.8, 4) is 0 Å². The van der Waals surface area contributed by atoms with E-state index in [0.717, 1.165) is 36.3 Å². The summed E-state index contributed by atoms with van der Waals surface area (Å²) in [6.45, 7) is 10.9. The van der Waals surface area contributed by atoms with Crippen LogP contribution < -0.4 is 4.90 Å². The molecule has 0 unspecified atom stereocenters. The Morgan fingerprint density at radius 3 is 2.70 bits per heavy atom. The average molecular weight is 338 g/mol. The maximum Gasteiger partial charge on any atom is 0.240 e. The standard InChI is InChI=1S/C14H22N6O2S/c1-4-21-10(2)13-15-12(22-18-13)9-19-5-7-20(8-6-19)14-17-16-11(3)23-14/h10H,4-9H2,1-3H3/t10-/m1/s1. The van der Waals surface area contributed by atoms with Crippen molar-refractivity contribution in [3.05, 3.63) is 16.7 Å². The zero-order chi connectivity index (χ0) is 16.2. The van der Waals surface area contributed by atoms with E-state index in [0.29, 0.717) is 24.9 Å². The van der Waals surface area contributed by atoms with Crippen molar-refractivity contribution in [2.24, 2.45) is 0 Å². The summed E-state index contributed by atoms with van der Waals surface area (Å²) in [5.74, 6) is 1.26. The summed E-state index contributed by atoms with van der Waals surface area (Å²) in [7, 11) is 0. The molecule has 0 bridgehead atoms. The Bertz CT molecular complexity index is 622. The lowest BCUT2D eigenvalue weighted by Gasteiger charge is -2.33. The summed E-state index contributed by atoms with van der Waals surface area (Å²) in [5.41, 5.74) is 0. The highest BCUT2D eigenvalue weighted by atomic mass is 32.1. The zero-order valence-electron chi connectivity index (χ0n) is 13.7. The molecule has 1 aliphatic heterocycles. The number of hydrogen-bond acceptors (Lipinski definition) is 9. The van der Waals surface area contributed by atoms with Gasteiger partial charge in [0, 0.05) is 32.8 Å². The summed E-state index contributed by atoms with van der Waals surface area (Å²) < 4.78 is 10.8. The fourth-order valence-electron chi connectivity index (χ4n) is 2.52. The summed E-state index contributed by atoms with van der Waals surface area (Å²) >= 11 is 1.64. The smallest absolute Gasteiger partial charge is 0.240 e. The Hall–Kier alpha value is -1.58. The van der Waals surface area contributed by atoms with Gasteiger partial charge in [0.15, 0.2) is 5.82 Å². The van der Waals surface area contributed by atoms with E-state index in [4.69, 9.17) is 9.26 Å². The lowest BCUT2D eigenvalue weighted by Crippen LogP contribution is -2.46. The van der Waals surface area contributed by atoms with Gasteiger partial charge in [-0.3, -0.25) is 4.90 Å². The van der Waals surface area contributed by atoms with Crippen LogP contribution in [0.2, 0.25) is 0 Å². The van der Waals surface area contributed by atoms with Gasteiger partial charge in [0.1, 0.15) is 11.1 Å². The van der Waals surface area contributed by atoms with Crippen molar-refractivity contribution < 1.29 is 9.26 Å². The summed E-state index contributed by atoms with van der Waals surface area (Å²) in [4.78, 5) is 9.01. The predicted octanol–water partition coefficient (Wildman–Crippen LogP) is 1.65. The highest BCUT2D eigenvalue weighted by Gasteiger charge is 2.22. The molecule has 1 fully saturated rings. The normalized spacial score (nSPS) is 17.6. The van der Waals surface area contributed by atoms with Gasteiger partial charge in [-0.15, -0.1) is 10.2 Å². The van der Waals surface area contributed by atoms with Gasteiger partial charge < -0.3 is 14.2 Å². The molecule has 0 radical (unpaired) electrons. The van der Waals surface area contributed by atoms with Crippen molar-refractivity contribution in [1.82, 2.24) is 25.2 Å². The SMILES string of the molecule is CCO[C@H](C)c1noc(CN2CCN(c3nnc(C)s3)CC2)n1. The van der Waals surface area contributed by atoms with Crippen LogP contribution in [0.3, 0.4) is 0 Å². The van der Waals surface area contributed by atoms with Gasteiger partial charge in [0.25, 0.3) is 0 Å². The predicted molar refractivity (Wildman–Crippen MR) is 86.5 cm³/mol. The van der Waals surface area contributed by atoms with Crippen LogP contribution in [0.5, 0.6) is 0 Å². The first-order valence-electron chi connectivity index (χ1n) is 7.87. The molecular formula is C14H22N6O2S. The molecule has 0 amide bonds. The number of nitrogens with zero attached hydrogens (tertiary/aromatic N) is 6. The molecule has 0 aromatic carbocycles. The van der Waals surface area contributed by atoms with E-state index >= 15 is 0 Å². The summed E-state index contributed by atoms with van der Waals surface area (Å²) in [5, 5.41) is 14.3. The van der Waals surface area contributed by atoms with Gasteiger partial charge in [0.2, 0.25) is 11.0 Å². The van der Waals surface area contributed by atoms with Gasteiger partial charge in [-0.2, -0.15) is 4.98 Å². The van der Waals surface area contributed by atoms with Crippen LogP contribution in [0.1, 0.15) is 36.7 Å². The molecule has 2 aromatic rings. The molecule has 126 valence electrons. The highest BCUT2D eigenvalue weighted by Crippen LogP contribution is 2.21. The minimum absolute atomic E-state index is 0.130. The number of piperazine rings is 1. The van der Waals surface area contributed by atoms with Crippen molar-refractivity contribution in [2.45, 2.75) is 33.4 Å². The van der Waals surface area contributed by atoms with E-state index in [2.05, 4.69) is 30.1 Å². The molecule has 1 saturated heterocycles. The Labute approximate surface area is 139 Å². The first kappa shape index (κ1) is 16.3. The van der Waals surface area contributed by atoms with Crippen molar-refractivity contribution >= 4 is 16.5 Å². The minimum atomic E-state index is -0.130. The number of aromatic nitrogens is 4. The maximum absolute atomic E-state index is 5.48. The van der Waals surface area contributed by atoms with Crippen LogP contribution in [0.25, 0.3) is 0 Å². The average Bonchev–Trinajstić information content (AvgIpc) is 3.18. The Kier molecular flexibility index (Phi) is 5.19.